The first-order valence-corrected chi connectivity index (χ1v) is 10.0. The van der Waals surface area contributed by atoms with Gasteiger partial charge in [0.25, 0.3) is 0 Å². The van der Waals surface area contributed by atoms with Crippen molar-refractivity contribution in [1.29, 1.82) is 0 Å². The quantitative estimate of drug-likeness (QED) is 0.714. The maximum Gasteiger partial charge on any atom is 0.223 e. The fraction of sp³-hybridized carbons (Fsp3) is 0.667. The number of aryl methyl sites for hydroxylation is 1. The minimum atomic E-state index is 0.294. The van der Waals surface area contributed by atoms with E-state index in [1.807, 2.05) is 18.2 Å². The lowest BCUT2D eigenvalue weighted by molar-refractivity contribution is -0.135. The van der Waals surface area contributed by atoms with Gasteiger partial charge in [-0.05, 0) is 31.2 Å². The smallest absolute Gasteiger partial charge is 0.223 e. The van der Waals surface area contributed by atoms with E-state index in [4.69, 9.17) is 9.47 Å². The minimum absolute atomic E-state index is 0.294. The van der Waals surface area contributed by atoms with E-state index >= 15 is 0 Å². The van der Waals surface area contributed by atoms with Gasteiger partial charge in [-0.25, -0.2) is 0 Å². The summed E-state index contributed by atoms with van der Waals surface area (Å²) in [5, 5.41) is 0. The number of benzene rings is 1. The van der Waals surface area contributed by atoms with Crippen molar-refractivity contribution in [2.24, 2.45) is 0 Å². The van der Waals surface area contributed by atoms with Crippen molar-refractivity contribution in [3.63, 3.8) is 0 Å². The van der Waals surface area contributed by atoms with Crippen LogP contribution < -0.4 is 0 Å². The second-order valence-electron chi connectivity index (χ2n) is 7.22. The van der Waals surface area contributed by atoms with E-state index in [1.165, 1.54) is 5.56 Å². The number of hydrogen-bond donors (Lipinski definition) is 0. The molecule has 0 radical (unpaired) electrons. The summed E-state index contributed by atoms with van der Waals surface area (Å²) in [6.07, 6.45) is 4.39. The van der Waals surface area contributed by atoms with Gasteiger partial charge in [-0.3, -0.25) is 9.69 Å². The molecule has 5 heteroatoms. The molecule has 2 aliphatic heterocycles. The van der Waals surface area contributed by atoms with Gasteiger partial charge in [0, 0.05) is 51.9 Å². The molecule has 0 N–H and O–H groups in total. The Kier molecular flexibility index (Phi) is 7.92. The highest BCUT2D eigenvalue weighted by Gasteiger charge is 2.25. The van der Waals surface area contributed by atoms with E-state index in [0.29, 0.717) is 18.4 Å². The van der Waals surface area contributed by atoms with E-state index in [-0.39, 0.29) is 0 Å². The molecule has 0 bridgehead atoms. The van der Waals surface area contributed by atoms with Gasteiger partial charge in [0.2, 0.25) is 5.91 Å². The Morgan fingerprint density at radius 3 is 2.46 bits per heavy atom. The van der Waals surface area contributed by atoms with Gasteiger partial charge < -0.3 is 14.4 Å². The second kappa shape index (κ2) is 10.7. The molecule has 0 aromatic heterocycles. The molecule has 0 saturated carbocycles. The predicted molar refractivity (Wildman–Crippen MR) is 102 cm³/mol. The van der Waals surface area contributed by atoms with Crippen molar-refractivity contribution in [2.75, 3.05) is 52.6 Å². The Morgan fingerprint density at radius 1 is 1.04 bits per heavy atom. The number of carbonyl (C=O) groups is 1. The number of amides is 1. The predicted octanol–water partition coefficient (Wildman–Crippen LogP) is 2.35. The molecule has 144 valence electrons. The van der Waals surface area contributed by atoms with E-state index in [2.05, 4.69) is 21.9 Å². The third-order valence-corrected chi connectivity index (χ3v) is 5.40. The molecule has 26 heavy (non-hydrogen) atoms. The standard InChI is InChI=1S/C21H32N2O3/c24-21(8-7-19-5-2-1-3-6-19)23(20-9-15-25-16-10-20)12-4-11-22-13-17-26-18-14-22/h1-3,5-6,20H,4,7-18H2. The number of ether oxygens (including phenoxy) is 2. The molecule has 2 saturated heterocycles. The van der Waals surface area contributed by atoms with Crippen molar-refractivity contribution in [3.05, 3.63) is 35.9 Å². The largest absolute Gasteiger partial charge is 0.381 e. The van der Waals surface area contributed by atoms with Crippen LogP contribution in [0.4, 0.5) is 0 Å². The topological polar surface area (TPSA) is 42.0 Å². The van der Waals surface area contributed by atoms with Crippen LogP contribution in [-0.2, 0) is 20.7 Å². The summed E-state index contributed by atoms with van der Waals surface area (Å²) >= 11 is 0. The number of carbonyl (C=O) groups excluding carboxylic acids is 1. The molecule has 3 rings (SSSR count). The molecule has 1 amide bonds. The van der Waals surface area contributed by atoms with Gasteiger partial charge in [-0.2, -0.15) is 0 Å². The summed E-state index contributed by atoms with van der Waals surface area (Å²) < 4.78 is 10.9. The SMILES string of the molecule is O=C(CCc1ccccc1)N(CCCN1CCOCC1)C1CCOCC1. The summed E-state index contributed by atoms with van der Waals surface area (Å²) in [6.45, 7) is 7.15. The lowest BCUT2D eigenvalue weighted by Gasteiger charge is -2.35. The third kappa shape index (κ3) is 6.08. The minimum Gasteiger partial charge on any atom is -0.381 e. The van der Waals surface area contributed by atoms with Crippen LogP contribution in [0.25, 0.3) is 0 Å². The van der Waals surface area contributed by atoms with Crippen LogP contribution >= 0.6 is 0 Å². The highest BCUT2D eigenvalue weighted by molar-refractivity contribution is 5.76. The summed E-state index contributed by atoms with van der Waals surface area (Å²) in [7, 11) is 0. The van der Waals surface area contributed by atoms with Crippen LogP contribution in [0.2, 0.25) is 0 Å². The molecule has 2 aliphatic rings. The first kappa shape index (κ1) is 19.3. The molecular weight excluding hydrogens is 328 g/mol. The Morgan fingerprint density at radius 2 is 1.73 bits per heavy atom. The van der Waals surface area contributed by atoms with Gasteiger partial charge in [0.1, 0.15) is 0 Å². The van der Waals surface area contributed by atoms with Gasteiger partial charge in [0.05, 0.1) is 13.2 Å². The van der Waals surface area contributed by atoms with Gasteiger partial charge in [-0.1, -0.05) is 30.3 Å². The van der Waals surface area contributed by atoms with Crippen LogP contribution in [0.3, 0.4) is 0 Å². The molecule has 5 nitrogen and oxygen atoms in total. The normalized spacial score (nSPS) is 19.4. The lowest BCUT2D eigenvalue weighted by atomic mass is 10.0. The van der Waals surface area contributed by atoms with E-state index in [1.54, 1.807) is 0 Å². The summed E-state index contributed by atoms with van der Waals surface area (Å²) in [5.74, 6) is 0.294. The van der Waals surface area contributed by atoms with Crippen LogP contribution in [0.5, 0.6) is 0 Å². The second-order valence-corrected chi connectivity index (χ2v) is 7.22. The van der Waals surface area contributed by atoms with E-state index < -0.39 is 0 Å². The first-order chi connectivity index (χ1) is 12.8. The molecule has 1 aromatic carbocycles. The fourth-order valence-electron chi connectivity index (χ4n) is 3.84. The maximum atomic E-state index is 12.9. The number of rotatable bonds is 8. The zero-order valence-electron chi connectivity index (χ0n) is 15.8. The van der Waals surface area contributed by atoms with Crippen LogP contribution in [0, 0.1) is 0 Å². The monoisotopic (exact) mass is 360 g/mol. The molecule has 0 unspecified atom stereocenters. The first-order valence-electron chi connectivity index (χ1n) is 10.0. The molecule has 2 heterocycles. The van der Waals surface area contributed by atoms with Crippen LogP contribution in [0.1, 0.15) is 31.2 Å². The van der Waals surface area contributed by atoms with Crippen molar-refractivity contribution in [2.45, 2.75) is 38.1 Å². The molecule has 2 fully saturated rings. The average Bonchev–Trinajstić information content (AvgIpc) is 2.72. The average molecular weight is 360 g/mol. The molecular formula is C21H32N2O3. The zero-order valence-corrected chi connectivity index (χ0v) is 15.8. The zero-order chi connectivity index (χ0) is 18.0. The third-order valence-electron chi connectivity index (χ3n) is 5.40. The Labute approximate surface area is 157 Å². The Hall–Kier alpha value is -1.43. The highest BCUT2D eigenvalue weighted by atomic mass is 16.5. The van der Waals surface area contributed by atoms with Crippen molar-refractivity contribution in [3.8, 4) is 0 Å². The van der Waals surface area contributed by atoms with Crippen LogP contribution in [-0.4, -0.2) is 74.4 Å². The molecule has 0 spiro atoms. The summed E-state index contributed by atoms with van der Waals surface area (Å²) in [6, 6.07) is 10.6. The van der Waals surface area contributed by atoms with E-state index in [0.717, 1.165) is 78.3 Å². The number of morpholine rings is 1. The van der Waals surface area contributed by atoms with Gasteiger partial charge in [0.15, 0.2) is 0 Å². The summed E-state index contributed by atoms with van der Waals surface area (Å²) in [4.78, 5) is 17.5. The highest BCUT2D eigenvalue weighted by Crippen LogP contribution is 2.17. The number of hydrogen-bond acceptors (Lipinski definition) is 4. The Balaban J connectivity index is 1.50. The number of nitrogens with zero attached hydrogens (tertiary/aromatic N) is 2. The molecule has 0 aliphatic carbocycles. The van der Waals surface area contributed by atoms with Crippen molar-refractivity contribution in [1.82, 2.24) is 9.80 Å². The summed E-state index contributed by atoms with van der Waals surface area (Å²) in [5.41, 5.74) is 1.24. The maximum absolute atomic E-state index is 12.9. The van der Waals surface area contributed by atoms with Gasteiger partial charge >= 0.3 is 0 Å². The fourth-order valence-corrected chi connectivity index (χ4v) is 3.84. The van der Waals surface area contributed by atoms with Crippen molar-refractivity contribution >= 4 is 5.91 Å². The molecule has 1 aromatic rings. The van der Waals surface area contributed by atoms with Crippen LogP contribution in [0.15, 0.2) is 30.3 Å². The van der Waals surface area contributed by atoms with E-state index in [9.17, 15) is 4.79 Å². The Bertz CT molecular complexity index is 525. The molecule has 0 atom stereocenters. The van der Waals surface area contributed by atoms with Gasteiger partial charge in [-0.15, -0.1) is 0 Å². The van der Waals surface area contributed by atoms with Crippen molar-refractivity contribution < 1.29 is 14.3 Å². The lowest BCUT2D eigenvalue weighted by Crippen LogP contribution is -2.45.